The summed E-state index contributed by atoms with van der Waals surface area (Å²) in [6, 6.07) is 0. The van der Waals surface area contributed by atoms with Gasteiger partial charge >= 0.3 is 39.5 Å². The minimum atomic E-state index is -4.96. The van der Waals surface area contributed by atoms with Gasteiger partial charge in [-0.3, -0.25) is 37.3 Å². The molecule has 588 valence electrons. The highest BCUT2D eigenvalue weighted by molar-refractivity contribution is 7.47. The van der Waals surface area contributed by atoms with Crippen molar-refractivity contribution in [3.05, 3.63) is 0 Å². The number of phosphoric acid groups is 2. The van der Waals surface area contributed by atoms with E-state index in [0.717, 1.165) is 108 Å². The van der Waals surface area contributed by atoms with Crippen molar-refractivity contribution in [1.29, 1.82) is 0 Å². The predicted molar refractivity (Wildman–Crippen MR) is 405 cm³/mol. The van der Waals surface area contributed by atoms with Crippen LogP contribution in [0.25, 0.3) is 0 Å². The minimum Gasteiger partial charge on any atom is -0.462 e. The monoisotopic (exact) mass is 1450 g/mol. The predicted octanol–water partition coefficient (Wildman–Crippen LogP) is 23.7. The lowest BCUT2D eigenvalue weighted by Crippen LogP contribution is -2.30. The Labute approximate surface area is 607 Å². The van der Waals surface area contributed by atoms with E-state index in [-0.39, 0.29) is 25.7 Å². The second-order valence-corrected chi connectivity index (χ2v) is 32.7. The molecule has 0 bridgehead atoms. The molecule has 4 unspecified atom stereocenters. The zero-order chi connectivity index (χ0) is 73.0. The van der Waals surface area contributed by atoms with Crippen molar-refractivity contribution in [3.63, 3.8) is 0 Å². The molecular formula is C80H156O17P2. The molecule has 0 aromatic rings. The first-order valence-electron chi connectivity index (χ1n) is 41.4. The van der Waals surface area contributed by atoms with Gasteiger partial charge in [0.2, 0.25) is 0 Å². The maximum Gasteiger partial charge on any atom is 0.472 e. The van der Waals surface area contributed by atoms with Crippen molar-refractivity contribution >= 4 is 39.5 Å². The summed E-state index contributed by atoms with van der Waals surface area (Å²) < 4.78 is 68.7. The number of phosphoric ester groups is 2. The van der Waals surface area contributed by atoms with E-state index in [0.29, 0.717) is 25.7 Å². The zero-order valence-electron chi connectivity index (χ0n) is 65.0. The van der Waals surface area contributed by atoms with Crippen LogP contribution < -0.4 is 0 Å². The first-order chi connectivity index (χ1) is 47.8. The number of aliphatic hydroxyl groups is 1. The Morgan fingerprint density at radius 1 is 0.293 bits per heavy atom. The van der Waals surface area contributed by atoms with Crippen LogP contribution >= 0.6 is 15.6 Å². The van der Waals surface area contributed by atoms with Crippen LogP contribution in [0.1, 0.15) is 414 Å². The maximum absolute atomic E-state index is 13.1. The molecule has 0 saturated carbocycles. The quantitative estimate of drug-likeness (QED) is 0.0222. The lowest BCUT2D eigenvalue weighted by Gasteiger charge is -2.21. The molecule has 3 N–H and O–H groups in total. The van der Waals surface area contributed by atoms with Crippen LogP contribution in [0.4, 0.5) is 0 Å². The molecule has 0 amide bonds. The highest BCUT2D eigenvalue weighted by Gasteiger charge is 2.30. The molecule has 0 saturated heterocycles. The number of carbonyl (C=O) groups excluding carboxylic acids is 4. The Bertz CT molecular complexity index is 1930. The first kappa shape index (κ1) is 97.1. The van der Waals surface area contributed by atoms with Crippen LogP contribution in [0.5, 0.6) is 0 Å². The summed E-state index contributed by atoms with van der Waals surface area (Å²) in [6.07, 6.45) is 58.0. The highest BCUT2D eigenvalue weighted by Crippen LogP contribution is 2.45. The van der Waals surface area contributed by atoms with E-state index in [1.807, 2.05) is 0 Å². The van der Waals surface area contributed by atoms with Crippen LogP contribution in [0.2, 0.25) is 0 Å². The Hall–Kier alpha value is -1.94. The molecule has 17 nitrogen and oxygen atoms in total. The SMILES string of the molecule is CCCCCCCCCCCCCCCCC(=O)O[C@H](COC(=O)CCCCCCCCCCCCC(C)C)COP(=O)(O)OC[C@H](O)COP(=O)(O)OC[C@@H](COC(=O)CCCCCCCCCCCCC(C)CC)OC(=O)CCCCCCCCCCCCCCCCC(C)CC. The van der Waals surface area contributed by atoms with E-state index in [1.54, 1.807) is 0 Å². The van der Waals surface area contributed by atoms with Crippen LogP contribution in [-0.4, -0.2) is 96.7 Å². The highest BCUT2D eigenvalue weighted by atomic mass is 31.2. The van der Waals surface area contributed by atoms with Gasteiger partial charge in [0.25, 0.3) is 0 Å². The molecular weight excluding hydrogens is 1290 g/mol. The first-order valence-corrected chi connectivity index (χ1v) is 44.4. The summed E-state index contributed by atoms with van der Waals surface area (Å²) in [4.78, 5) is 73.0. The third-order valence-electron chi connectivity index (χ3n) is 19.4. The number of esters is 4. The molecule has 0 rings (SSSR count). The Kier molecular flexibility index (Phi) is 69.0. The zero-order valence-corrected chi connectivity index (χ0v) is 66.8. The fourth-order valence-corrected chi connectivity index (χ4v) is 13.8. The fourth-order valence-electron chi connectivity index (χ4n) is 12.2. The summed E-state index contributed by atoms with van der Waals surface area (Å²) in [5, 5.41) is 10.6. The van der Waals surface area contributed by atoms with Crippen molar-refractivity contribution in [2.24, 2.45) is 17.8 Å². The van der Waals surface area contributed by atoms with Crippen molar-refractivity contribution < 1.29 is 80.2 Å². The fraction of sp³-hybridized carbons (Fsp3) is 0.950. The summed E-state index contributed by atoms with van der Waals surface area (Å²) in [7, 11) is -9.92. The average molecular weight is 1450 g/mol. The van der Waals surface area contributed by atoms with Gasteiger partial charge in [0.05, 0.1) is 26.4 Å². The minimum absolute atomic E-state index is 0.107. The van der Waals surface area contributed by atoms with E-state index >= 15 is 0 Å². The lowest BCUT2D eigenvalue weighted by atomic mass is 9.99. The number of hydrogen-bond acceptors (Lipinski definition) is 15. The van der Waals surface area contributed by atoms with Crippen molar-refractivity contribution in [2.45, 2.75) is 433 Å². The van der Waals surface area contributed by atoms with Gasteiger partial charge in [-0.05, 0) is 43.4 Å². The molecule has 0 aliphatic rings. The Balaban J connectivity index is 5.28. The number of carbonyl (C=O) groups is 4. The van der Waals surface area contributed by atoms with Crippen LogP contribution in [-0.2, 0) is 65.4 Å². The normalized spacial score (nSPS) is 14.5. The van der Waals surface area contributed by atoms with Crippen molar-refractivity contribution in [1.82, 2.24) is 0 Å². The van der Waals surface area contributed by atoms with E-state index in [9.17, 15) is 43.2 Å². The van der Waals surface area contributed by atoms with E-state index in [4.69, 9.17) is 37.0 Å². The van der Waals surface area contributed by atoms with Gasteiger partial charge in [-0.15, -0.1) is 0 Å². The standard InChI is InChI=1S/C80H156O17P2/c1-8-11-12-13-14-15-16-17-21-24-35-42-49-56-63-79(84)96-75(67-90-77(82)61-54-47-40-33-28-26-30-37-44-51-58-71(4)5)69-94-98(86,87)92-65-74(81)66-93-99(88,89)95-70-76(68-91-78(83)62-55-48-41-34-29-27-32-39-46-53-60-73(7)10-3)97-80(85)64-57-50-43-36-25-22-19-18-20-23-31-38-45-52-59-72(6)9-2/h71-76,81H,8-70H2,1-7H3,(H,86,87)(H,88,89)/t72?,73?,74-,75+,76+/m0/s1. The molecule has 19 heteroatoms. The largest absolute Gasteiger partial charge is 0.472 e. The third-order valence-corrected chi connectivity index (χ3v) is 21.3. The van der Waals surface area contributed by atoms with E-state index in [2.05, 4.69) is 48.5 Å². The van der Waals surface area contributed by atoms with E-state index in [1.165, 1.54) is 225 Å². The molecule has 0 radical (unpaired) electrons. The molecule has 0 aliphatic heterocycles. The molecule has 0 aromatic heterocycles. The van der Waals surface area contributed by atoms with Gasteiger partial charge in [-0.1, -0.05) is 363 Å². The summed E-state index contributed by atoms with van der Waals surface area (Å²) in [5.74, 6) is 0.304. The molecule has 0 heterocycles. The lowest BCUT2D eigenvalue weighted by molar-refractivity contribution is -0.161. The summed E-state index contributed by atoms with van der Waals surface area (Å²) in [5.41, 5.74) is 0. The van der Waals surface area contributed by atoms with Crippen LogP contribution in [0.15, 0.2) is 0 Å². The molecule has 0 aromatic carbocycles. The number of ether oxygens (including phenoxy) is 4. The molecule has 0 spiro atoms. The Morgan fingerprint density at radius 3 is 0.768 bits per heavy atom. The third kappa shape index (κ3) is 71.5. The summed E-state index contributed by atoms with van der Waals surface area (Å²) in [6.45, 7) is 12.0. The second kappa shape index (κ2) is 70.4. The van der Waals surface area contributed by atoms with Gasteiger partial charge in [0, 0.05) is 25.7 Å². The second-order valence-electron chi connectivity index (χ2n) is 29.8. The van der Waals surface area contributed by atoms with Gasteiger partial charge < -0.3 is 33.8 Å². The maximum atomic E-state index is 13.1. The average Bonchev–Trinajstić information content (AvgIpc) is 1.17. The van der Waals surface area contributed by atoms with Crippen molar-refractivity contribution in [3.8, 4) is 0 Å². The van der Waals surface area contributed by atoms with Gasteiger partial charge in [0.1, 0.15) is 19.3 Å². The van der Waals surface area contributed by atoms with Crippen molar-refractivity contribution in [2.75, 3.05) is 39.6 Å². The molecule has 0 aliphatic carbocycles. The summed E-state index contributed by atoms with van der Waals surface area (Å²) >= 11 is 0. The number of aliphatic hydroxyl groups excluding tert-OH is 1. The van der Waals surface area contributed by atoms with E-state index < -0.39 is 97.5 Å². The van der Waals surface area contributed by atoms with Crippen LogP contribution in [0, 0.1) is 17.8 Å². The number of hydrogen-bond donors (Lipinski definition) is 3. The number of unbranched alkanes of at least 4 members (excludes halogenated alkanes) is 44. The van der Waals surface area contributed by atoms with Gasteiger partial charge in [-0.2, -0.15) is 0 Å². The Morgan fingerprint density at radius 2 is 0.515 bits per heavy atom. The topological polar surface area (TPSA) is 237 Å². The van der Waals surface area contributed by atoms with Crippen LogP contribution in [0.3, 0.4) is 0 Å². The smallest absolute Gasteiger partial charge is 0.462 e. The van der Waals surface area contributed by atoms with Gasteiger partial charge in [0.15, 0.2) is 12.2 Å². The molecule has 0 fully saturated rings. The molecule has 99 heavy (non-hydrogen) atoms. The number of rotatable bonds is 78. The van der Waals surface area contributed by atoms with Gasteiger partial charge in [-0.25, -0.2) is 9.13 Å². The molecule has 7 atom stereocenters.